The summed E-state index contributed by atoms with van der Waals surface area (Å²) in [6, 6.07) is 0. The van der Waals surface area contributed by atoms with Crippen LogP contribution in [0.3, 0.4) is 0 Å². The van der Waals surface area contributed by atoms with E-state index in [1.54, 1.807) is 5.57 Å². The topological polar surface area (TPSA) is 86.7 Å². The molecule has 3 aliphatic carbocycles. The van der Waals surface area contributed by atoms with Crippen molar-refractivity contribution in [1.82, 2.24) is 0 Å². The molecule has 4 heteroatoms. The van der Waals surface area contributed by atoms with Gasteiger partial charge in [-0.25, -0.2) is 0 Å². The van der Waals surface area contributed by atoms with Crippen LogP contribution in [0.2, 0.25) is 0 Å². The smallest absolute Gasteiger partial charge is 0.0811 e. The predicted octanol–water partition coefficient (Wildman–Crippen LogP) is 8.15. The quantitative estimate of drug-likeness (QED) is 0.144. The van der Waals surface area contributed by atoms with Crippen LogP contribution >= 0.6 is 0 Å². The number of aliphatic hydroxyl groups is 3. The number of unbranched alkanes of at least 4 members (excludes halogenated alkanes) is 7. The van der Waals surface area contributed by atoms with Crippen LogP contribution in [0.15, 0.2) is 35.5 Å². The van der Waals surface area contributed by atoms with Crippen LogP contribution in [0.4, 0.5) is 0 Å². The van der Waals surface area contributed by atoms with Crippen molar-refractivity contribution in [1.29, 1.82) is 0 Å². The average molecular weight is 558 g/mol. The van der Waals surface area contributed by atoms with E-state index in [1.807, 2.05) is 0 Å². The molecule has 40 heavy (non-hydrogen) atoms. The van der Waals surface area contributed by atoms with Gasteiger partial charge in [-0.05, 0) is 106 Å². The molecule has 3 aliphatic rings. The molecule has 0 radical (unpaired) electrons. The molecule has 3 fully saturated rings. The van der Waals surface area contributed by atoms with E-state index >= 15 is 0 Å². The van der Waals surface area contributed by atoms with Crippen LogP contribution in [0.1, 0.15) is 143 Å². The van der Waals surface area contributed by atoms with E-state index in [4.69, 9.17) is 5.73 Å². The monoisotopic (exact) mass is 557 g/mol. The van der Waals surface area contributed by atoms with E-state index < -0.39 is 17.8 Å². The predicted molar refractivity (Wildman–Crippen MR) is 169 cm³/mol. The van der Waals surface area contributed by atoms with Gasteiger partial charge in [0.25, 0.3) is 0 Å². The third kappa shape index (κ3) is 9.54. The van der Waals surface area contributed by atoms with Crippen LogP contribution in [-0.2, 0) is 0 Å². The lowest BCUT2D eigenvalue weighted by atomic mass is 9.60. The summed E-state index contributed by atoms with van der Waals surface area (Å²) in [4.78, 5) is 0. The summed E-state index contributed by atoms with van der Waals surface area (Å²) in [5.41, 5.74) is 8.76. The van der Waals surface area contributed by atoms with Crippen molar-refractivity contribution < 1.29 is 15.3 Å². The van der Waals surface area contributed by atoms with Gasteiger partial charge >= 0.3 is 0 Å². The van der Waals surface area contributed by atoms with Crippen molar-refractivity contribution >= 4 is 0 Å². The summed E-state index contributed by atoms with van der Waals surface area (Å²) in [5.74, 6) is 2.07. The van der Waals surface area contributed by atoms with Gasteiger partial charge in [0.2, 0.25) is 0 Å². The highest BCUT2D eigenvalue weighted by molar-refractivity contribution is 5.38. The van der Waals surface area contributed by atoms with Gasteiger partial charge in [-0.3, -0.25) is 0 Å². The first kappa shape index (κ1) is 33.6. The Morgan fingerprint density at radius 1 is 1.00 bits per heavy atom. The molecule has 5 N–H and O–H groups in total. The third-order valence-corrected chi connectivity index (χ3v) is 11.0. The molecule has 0 aromatic rings. The van der Waals surface area contributed by atoms with Gasteiger partial charge in [-0.2, -0.15) is 0 Å². The van der Waals surface area contributed by atoms with Gasteiger partial charge in [0, 0.05) is 6.42 Å². The number of hydrogen-bond acceptors (Lipinski definition) is 4. The van der Waals surface area contributed by atoms with E-state index in [0.717, 1.165) is 55.7 Å². The van der Waals surface area contributed by atoms with Crippen molar-refractivity contribution in [2.75, 3.05) is 6.54 Å². The summed E-state index contributed by atoms with van der Waals surface area (Å²) < 4.78 is 0. The Kier molecular flexibility index (Phi) is 13.5. The zero-order valence-electron chi connectivity index (χ0n) is 26.3. The van der Waals surface area contributed by atoms with Gasteiger partial charge in [0.05, 0.1) is 17.8 Å². The fraction of sp³-hybridized carbons (Fsp3) is 0.833. The molecule has 0 saturated heterocycles. The fourth-order valence-corrected chi connectivity index (χ4v) is 8.52. The Morgan fingerprint density at radius 2 is 1.65 bits per heavy atom. The van der Waals surface area contributed by atoms with Crippen LogP contribution in [0.25, 0.3) is 0 Å². The molecule has 0 bridgehead atoms. The second kappa shape index (κ2) is 16.1. The number of fused-ring (bicyclic) bond motifs is 1. The summed E-state index contributed by atoms with van der Waals surface area (Å²) >= 11 is 0. The van der Waals surface area contributed by atoms with E-state index in [2.05, 4.69) is 39.5 Å². The zero-order valence-corrected chi connectivity index (χ0v) is 26.3. The minimum Gasteiger partial charge on any atom is -0.393 e. The largest absolute Gasteiger partial charge is 0.393 e. The Morgan fingerprint density at radius 3 is 2.35 bits per heavy atom. The Balaban J connectivity index is 1.43. The lowest BCUT2D eigenvalue weighted by molar-refractivity contribution is 0.0324. The molecule has 0 aromatic carbocycles. The van der Waals surface area contributed by atoms with E-state index in [1.165, 1.54) is 77.0 Å². The van der Waals surface area contributed by atoms with Crippen LogP contribution < -0.4 is 5.73 Å². The molecule has 0 amide bonds. The first-order valence-electron chi connectivity index (χ1n) is 16.9. The standard InChI is InChI=1S/C36H63NO3/c1-27(15-13-22-35(3,40)21-11-9-7-5-6-8-10-12-24-37)32-19-20-33-29(16-14-23-36(32,33)4)17-18-30-25-31(38)26-34(39)28(30)2/h17-18,27,31-34,38-40H,2,5-16,19-26,37H2,1,3-4H3/b29-17+,30-18-/t27-,31+,32-,33+,34-,35?,36-/m1/s1. The maximum Gasteiger partial charge on any atom is 0.0811 e. The molecule has 3 saturated carbocycles. The first-order chi connectivity index (χ1) is 19.1. The zero-order chi connectivity index (χ0) is 29.2. The highest BCUT2D eigenvalue weighted by Gasteiger charge is 2.50. The van der Waals surface area contributed by atoms with Gasteiger partial charge < -0.3 is 21.1 Å². The summed E-state index contributed by atoms with van der Waals surface area (Å²) in [6.45, 7) is 12.0. The highest BCUT2D eigenvalue weighted by Crippen LogP contribution is 2.60. The third-order valence-electron chi connectivity index (χ3n) is 11.0. The summed E-state index contributed by atoms with van der Waals surface area (Å²) in [5, 5.41) is 31.4. The highest BCUT2D eigenvalue weighted by atomic mass is 16.3. The number of aliphatic hydroxyl groups excluding tert-OH is 2. The van der Waals surface area contributed by atoms with Crippen LogP contribution in [-0.4, -0.2) is 39.7 Å². The van der Waals surface area contributed by atoms with Crippen molar-refractivity contribution in [2.45, 2.75) is 161 Å². The molecular weight excluding hydrogens is 494 g/mol. The molecule has 0 aromatic heterocycles. The number of rotatable bonds is 16. The molecule has 3 rings (SSSR count). The number of hydrogen-bond donors (Lipinski definition) is 4. The van der Waals surface area contributed by atoms with Crippen molar-refractivity contribution in [2.24, 2.45) is 28.9 Å². The molecule has 1 unspecified atom stereocenters. The summed E-state index contributed by atoms with van der Waals surface area (Å²) in [6.07, 6.45) is 25.0. The van der Waals surface area contributed by atoms with Crippen LogP contribution in [0.5, 0.6) is 0 Å². The Bertz CT molecular complexity index is 845. The average Bonchev–Trinajstić information content (AvgIpc) is 3.26. The molecule has 7 atom stereocenters. The van der Waals surface area contributed by atoms with Crippen molar-refractivity contribution in [3.63, 3.8) is 0 Å². The SMILES string of the molecule is C=C1/C(=C\C=C2/CCC[C@]3(C)[C@@H]([C@H](C)CCCC(C)(O)CCCCCCCCCCN)CC[C@@H]23)C[C@H](O)C[C@H]1O. The van der Waals surface area contributed by atoms with E-state index in [0.29, 0.717) is 30.1 Å². The first-order valence-corrected chi connectivity index (χ1v) is 16.9. The lowest BCUT2D eigenvalue weighted by Crippen LogP contribution is -2.36. The second-order valence-electron chi connectivity index (χ2n) is 14.4. The number of allylic oxidation sites excluding steroid dienone is 3. The molecule has 230 valence electrons. The Hall–Kier alpha value is -0.940. The number of nitrogens with two attached hydrogens (primary N) is 1. The van der Waals surface area contributed by atoms with Gasteiger partial charge in [-0.1, -0.05) is 95.9 Å². The van der Waals surface area contributed by atoms with Crippen LogP contribution in [0, 0.1) is 23.2 Å². The molecule has 0 aliphatic heterocycles. The van der Waals surface area contributed by atoms with Gasteiger partial charge in [0.1, 0.15) is 0 Å². The molecular formula is C36H63NO3. The van der Waals surface area contributed by atoms with Crippen molar-refractivity contribution in [3.8, 4) is 0 Å². The summed E-state index contributed by atoms with van der Waals surface area (Å²) in [7, 11) is 0. The van der Waals surface area contributed by atoms with Crippen molar-refractivity contribution in [3.05, 3.63) is 35.5 Å². The van der Waals surface area contributed by atoms with E-state index in [9.17, 15) is 15.3 Å². The minimum atomic E-state index is -0.621. The van der Waals surface area contributed by atoms with Gasteiger partial charge in [0.15, 0.2) is 0 Å². The molecule has 0 heterocycles. The second-order valence-corrected chi connectivity index (χ2v) is 14.4. The lowest BCUT2D eigenvalue weighted by Gasteiger charge is -2.44. The molecule has 4 nitrogen and oxygen atoms in total. The fourth-order valence-electron chi connectivity index (χ4n) is 8.52. The maximum absolute atomic E-state index is 11.0. The van der Waals surface area contributed by atoms with E-state index in [-0.39, 0.29) is 0 Å². The Labute approximate surface area is 246 Å². The normalized spacial score (nSPS) is 33.3. The maximum atomic E-state index is 11.0. The minimum absolute atomic E-state index is 0.359. The molecule has 0 spiro atoms. The van der Waals surface area contributed by atoms with Gasteiger partial charge in [-0.15, -0.1) is 0 Å².